The van der Waals surface area contributed by atoms with E-state index in [9.17, 15) is 0 Å². The van der Waals surface area contributed by atoms with Gasteiger partial charge >= 0.3 is 0 Å². The zero-order chi connectivity index (χ0) is 13.7. The minimum absolute atomic E-state index is 0.807. The van der Waals surface area contributed by atoms with Gasteiger partial charge in [0.2, 0.25) is 0 Å². The van der Waals surface area contributed by atoms with Crippen LogP contribution in [0.3, 0.4) is 0 Å². The van der Waals surface area contributed by atoms with Crippen LogP contribution in [0.25, 0.3) is 0 Å². The second-order valence-electron chi connectivity index (χ2n) is 4.56. The average Bonchev–Trinajstić information content (AvgIpc) is 2.39. The van der Waals surface area contributed by atoms with Crippen molar-refractivity contribution in [2.45, 2.75) is 24.1 Å². The molecule has 0 spiro atoms. The van der Waals surface area contributed by atoms with Crippen LogP contribution in [0.1, 0.15) is 16.7 Å². The molecule has 2 aromatic carbocycles. The van der Waals surface area contributed by atoms with Crippen LogP contribution >= 0.6 is 23.4 Å². The Balaban J connectivity index is 2.02. The van der Waals surface area contributed by atoms with Crippen LogP contribution in [0.4, 0.5) is 0 Å². The van der Waals surface area contributed by atoms with Crippen LogP contribution in [0.15, 0.2) is 47.4 Å². The van der Waals surface area contributed by atoms with Crippen molar-refractivity contribution in [2.75, 3.05) is 7.05 Å². The first-order valence-electron chi connectivity index (χ1n) is 6.30. The summed E-state index contributed by atoms with van der Waals surface area (Å²) < 4.78 is 0. The Morgan fingerprint density at radius 2 is 2.00 bits per heavy atom. The monoisotopic (exact) mass is 291 g/mol. The van der Waals surface area contributed by atoms with Gasteiger partial charge in [0, 0.05) is 22.2 Å². The number of hydrogen-bond acceptors (Lipinski definition) is 2. The SMILES string of the molecule is CNCc1ccc(SCc2cccc(C)c2)cc1Cl. The number of benzene rings is 2. The Bertz CT molecular complexity index is 554. The molecule has 2 aromatic rings. The molecular weight excluding hydrogens is 274 g/mol. The number of halogens is 1. The third kappa shape index (κ3) is 4.27. The predicted molar refractivity (Wildman–Crippen MR) is 85.0 cm³/mol. The molecule has 0 bridgehead atoms. The molecular formula is C16H18ClNS. The maximum Gasteiger partial charge on any atom is 0.0462 e. The van der Waals surface area contributed by atoms with E-state index in [1.807, 2.05) is 18.8 Å². The Kier molecular flexibility index (Phi) is 5.32. The van der Waals surface area contributed by atoms with Gasteiger partial charge in [0.25, 0.3) is 0 Å². The highest BCUT2D eigenvalue weighted by atomic mass is 35.5. The highest BCUT2D eigenvalue weighted by Gasteiger charge is 2.02. The molecule has 0 unspecified atom stereocenters. The summed E-state index contributed by atoms with van der Waals surface area (Å²) in [6, 6.07) is 14.9. The van der Waals surface area contributed by atoms with E-state index >= 15 is 0 Å². The molecule has 0 radical (unpaired) electrons. The molecule has 0 saturated carbocycles. The molecule has 0 saturated heterocycles. The first kappa shape index (κ1) is 14.4. The van der Waals surface area contributed by atoms with E-state index in [4.69, 9.17) is 11.6 Å². The van der Waals surface area contributed by atoms with Gasteiger partial charge in [-0.2, -0.15) is 0 Å². The third-order valence-corrected chi connectivity index (χ3v) is 4.30. The highest BCUT2D eigenvalue weighted by molar-refractivity contribution is 7.98. The Morgan fingerprint density at radius 3 is 2.68 bits per heavy atom. The Morgan fingerprint density at radius 1 is 1.16 bits per heavy atom. The molecule has 0 fully saturated rings. The second-order valence-corrected chi connectivity index (χ2v) is 6.02. The third-order valence-electron chi connectivity index (χ3n) is 2.88. The molecule has 0 atom stereocenters. The predicted octanol–water partition coefficient (Wildman–Crippen LogP) is 4.66. The van der Waals surface area contributed by atoms with E-state index in [0.29, 0.717) is 0 Å². The zero-order valence-corrected chi connectivity index (χ0v) is 12.8. The van der Waals surface area contributed by atoms with Gasteiger partial charge in [-0.25, -0.2) is 0 Å². The molecule has 0 aliphatic carbocycles. The molecule has 0 aliphatic rings. The van der Waals surface area contributed by atoms with E-state index < -0.39 is 0 Å². The molecule has 2 rings (SSSR count). The smallest absolute Gasteiger partial charge is 0.0462 e. The van der Waals surface area contributed by atoms with Crippen molar-refractivity contribution in [2.24, 2.45) is 0 Å². The summed E-state index contributed by atoms with van der Waals surface area (Å²) in [5, 5.41) is 3.95. The first-order chi connectivity index (χ1) is 9.19. The van der Waals surface area contributed by atoms with Gasteiger partial charge in [0.1, 0.15) is 0 Å². The van der Waals surface area contributed by atoms with Crippen LogP contribution < -0.4 is 5.32 Å². The van der Waals surface area contributed by atoms with Crippen LogP contribution in [-0.2, 0) is 12.3 Å². The van der Waals surface area contributed by atoms with Gasteiger partial charge < -0.3 is 5.32 Å². The summed E-state index contributed by atoms with van der Waals surface area (Å²) in [5.74, 6) is 0.976. The number of aryl methyl sites for hydroxylation is 1. The normalized spacial score (nSPS) is 10.7. The molecule has 0 heterocycles. The maximum atomic E-state index is 6.26. The minimum atomic E-state index is 0.807. The van der Waals surface area contributed by atoms with Crippen molar-refractivity contribution >= 4 is 23.4 Å². The molecule has 19 heavy (non-hydrogen) atoms. The van der Waals surface area contributed by atoms with Crippen LogP contribution in [-0.4, -0.2) is 7.05 Å². The lowest BCUT2D eigenvalue weighted by Crippen LogP contribution is -2.05. The standard InChI is InChI=1S/C16H18ClNS/c1-12-4-3-5-13(8-12)11-19-15-7-6-14(10-18-2)16(17)9-15/h3-9,18H,10-11H2,1-2H3. The summed E-state index contributed by atoms with van der Waals surface area (Å²) in [6.07, 6.45) is 0. The first-order valence-corrected chi connectivity index (χ1v) is 7.67. The number of thioether (sulfide) groups is 1. The summed E-state index contributed by atoms with van der Waals surface area (Å²) in [6.45, 7) is 2.93. The van der Waals surface area contributed by atoms with E-state index in [2.05, 4.69) is 54.7 Å². The van der Waals surface area contributed by atoms with Gasteiger partial charge in [0.05, 0.1) is 0 Å². The van der Waals surface area contributed by atoms with Gasteiger partial charge in [0.15, 0.2) is 0 Å². The summed E-state index contributed by atoms with van der Waals surface area (Å²) >= 11 is 8.08. The van der Waals surface area contributed by atoms with Crippen LogP contribution in [0.2, 0.25) is 5.02 Å². The fraction of sp³-hybridized carbons (Fsp3) is 0.250. The minimum Gasteiger partial charge on any atom is -0.316 e. The van der Waals surface area contributed by atoms with E-state index in [1.165, 1.54) is 16.0 Å². The topological polar surface area (TPSA) is 12.0 Å². The fourth-order valence-corrected chi connectivity index (χ4v) is 3.11. The van der Waals surface area contributed by atoms with Crippen molar-refractivity contribution in [3.05, 3.63) is 64.2 Å². The largest absolute Gasteiger partial charge is 0.316 e. The molecule has 1 nitrogen and oxygen atoms in total. The van der Waals surface area contributed by atoms with Crippen molar-refractivity contribution < 1.29 is 0 Å². The van der Waals surface area contributed by atoms with Gasteiger partial charge in [-0.1, -0.05) is 47.5 Å². The molecule has 3 heteroatoms. The Hall–Kier alpha value is -0.960. The lowest BCUT2D eigenvalue weighted by Gasteiger charge is -2.07. The molecule has 100 valence electrons. The summed E-state index contributed by atoms with van der Waals surface area (Å²) in [5.41, 5.74) is 3.80. The highest BCUT2D eigenvalue weighted by Crippen LogP contribution is 2.27. The van der Waals surface area contributed by atoms with E-state index in [1.54, 1.807) is 0 Å². The quantitative estimate of drug-likeness (QED) is 0.804. The van der Waals surface area contributed by atoms with Crippen LogP contribution in [0.5, 0.6) is 0 Å². The van der Waals surface area contributed by atoms with E-state index in [-0.39, 0.29) is 0 Å². The summed E-state index contributed by atoms with van der Waals surface area (Å²) in [4.78, 5) is 1.21. The molecule has 0 aromatic heterocycles. The number of hydrogen-bond donors (Lipinski definition) is 1. The molecule has 0 aliphatic heterocycles. The number of rotatable bonds is 5. The average molecular weight is 292 g/mol. The lowest BCUT2D eigenvalue weighted by atomic mass is 10.2. The van der Waals surface area contributed by atoms with Crippen molar-refractivity contribution in [1.29, 1.82) is 0 Å². The zero-order valence-electron chi connectivity index (χ0n) is 11.2. The lowest BCUT2D eigenvalue weighted by molar-refractivity contribution is 0.817. The molecule has 1 N–H and O–H groups in total. The van der Waals surface area contributed by atoms with Gasteiger partial charge in [-0.3, -0.25) is 0 Å². The number of nitrogens with one attached hydrogen (secondary N) is 1. The fourth-order valence-electron chi connectivity index (χ4n) is 1.92. The van der Waals surface area contributed by atoms with Crippen molar-refractivity contribution in [3.63, 3.8) is 0 Å². The Labute approximate surface area is 124 Å². The maximum absolute atomic E-state index is 6.26. The van der Waals surface area contributed by atoms with Crippen molar-refractivity contribution in [1.82, 2.24) is 5.32 Å². The van der Waals surface area contributed by atoms with Gasteiger partial charge in [-0.15, -0.1) is 11.8 Å². The van der Waals surface area contributed by atoms with E-state index in [0.717, 1.165) is 22.9 Å². The summed E-state index contributed by atoms with van der Waals surface area (Å²) in [7, 11) is 1.93. The van der Waals surface area contributed by atoms with Crippen molar-refractivity contribution in [3.8, 4) is 0 Å². The van der Waals surface area contributed by atoms with Crippen LogP contribution in [0, 0.1) is 6.92 Å². The van der Waals surface area contributed by atoms with Gasteiger partial charge in [-0.05, 0) is 37.2 Å². The second kappa shape index (κ2) is 6.99. The molecule has 0 amide bonds.